The summed E-state index contributed by atoms with van der Waals surface area (Å²) in [6.07, 6.45) is 1.56. The van der Waals surface area contributed by atoms with Crippen LogP contribution in [0.3, 0.4) is 0 Å². The van der Waals surface area contributed by atoms with Crippen LogP contribution in [0.15, 0.2) is 34.6 Å². The number of unbranched alkanes of at least 4 members (excludes halogenated alkanes) is 1. The minimum absolute atomic E-state index is 0. The minimum atomic E-state index is -0.192. The molecule has 3 rings (SSSR count). The first-order valence-electron chi connectivity index (χ1n) is 10.4. The quantitative estimate of drug-likeness (QED) is 0.161. The third-order valence-electron chi connectivity index (χ3n) is 4.86. The van der Waals surface area contributed by atoms with Crippen molar-refractivity contribution in [2.24, 2.45) is 4.99 Å². The summed E-state index contributed by atoms with van der Waals surface area (Å²) in [5.41, 5.74) is 2.12. The zero-order chi connectivity index (χ0) is 21.5. The number of fused-ring (bicyclic) bond motifs is 1. The molecule has 31 heavy (non-hydrogen) atoms. The minimum Gasteiger partial charge on any atom is -0.357 e. The highest BCUT2D eigenvalue weighted by Gasteiger charge is 2.34. The smallest absolute Gasteiger partial charge is 0.261 e. The third kappa shape index (κ3) is 6.49. The molecule has 1 aliphatic rings. The van der Waals surface area contributed by atoms with Crippen molar-refractivity contribution in [2.75, 3.05) is 19.6 Å². The molecule has 1 aliphatic heterocycles. The van der Waals surface area contributed by atoms with E-state index < -0.39 is 0 Å². The first-order valence-corrected chi connectivity index (χ1v) is 11.3. The number of halogens is 1. The SMILES string of the molecule is CCNC(=NCc1nc(C(C)C)cs1)NCCCCN1C(=O)c2ccccc2C1=O.I. The van der Waals surface area contributed by atoms with Gasteiger partial charge in [-0.25, -0.2) is 9.98 Å². The van der Waals surface area contributed by atoms with Gasteiger partial charge in [-0.3, -0.25) is 14.5 Å². The van der Waals surface area contributed by atoms with Crippen molar-refractivity contribution in [2.45, 2.75) is 46.1 Å². The Labute approximate surface area is 204 Å². The van der Waals surface area contributed by atoms with E-state index >= 15 is 0 Å². The fraction of sp³-hybridized carbons (Fsp3) is 0.455. The van der Waals surface area contributed by atoms with E-state index in [-0.39, 0.29) is 35.8 Å². The van der Waals surface area contributed by atoms with E-state index in [0.29, 0.717) is 36.7 Å². The number of carbonyl (C=O) groups is 2. The predicted octanol–water partition coefficient (Wildman–Crippen LogP) is 4.02. The van der Waals surface area contributed by atoms with Gasteiger partial charge < -0.3 is 10.6 Å². The highest BCUT2D eigenvalue weighted by molar-refractivity contribution is 14.0. The van der Waals surface area contributed by atoms with Gasteiger partial charge in [0.15, 0.2) is 5.96 Å². The number of benzene rings is 1. The molecule has 0 fully saturated rings. The van der Waals surface area contributed by atoms with Crippen LogP contribution in [0, 0.1) is 0 Å². The number of hydrogen-bond donors (Lipinski definition) is 2. The number of imide groups is 1. The van der Waals surface area contributed by atoms with E-state index in [4.69, 9.17) is 0 Å². The number of rotatable bonds is 9. The van der Waals surface area contributed by atoms with E-state index in [1.54, 1.807) is 35.6 Å². The highest BCUT2D eigenvalue weighted by atomic mass is 127. The average Bonchev–Trinajstić information content (AvgIpc) is 3.31. The summed E-state index contributed by atoms with van der Waals surface area (Å²) >= 11 is 1.64. The van der Waals surface area contributed by atoms with Crippen LogP contribution >= 0.6 is 35.3 Å². The van der Waals surface area contributed by atoms with Gasteiger partial charge in [0, 0.05) is 25.0 Å². The first kappa shape index (κ1) is 25.3. The van der Waals surface area contributed by atoms with Gasteiger partial charge in [0.1, 0.15) is 5.01 Å². The Bertz CT molecular complexity index is 893. The first-order chi connectivity index (χ1) is 14.5. The van der Waals surface area contributed by atoms with Crippen LogP contribution in [0.4, 0.5) is 0 Å². The molecule has 0 bridgehead atoms. The van der Waals surface area contributed by atoms with Crippen LogP contribution in [0.25, 0.3) is 0 Å². The van der Waals surface area contributed by atoms with Crippen LogP contribution < -0.4 is 10.6 Å². The molecular formula is C22H30IN5O2S. The number of amides is 2. The zero-order valence-electron chi connectivity index (χ0n) is 18.2. The molecule has 9 heteroatoms. The molecule has 2 aromatic rings. The molecule has 168 valence electrons. The van der Waals surface area contributed by atoms with Gasteiger partial charge in [-0.2, -0.15) is 0 Å². The molecule has 2 N–H and O–H groups in total. The number of nitrogens with one attached hydrogen (secondary N) is 2. The number of aliphatic imine (C=N–C) groups is 1. The molecule has 7 nitrogen and oxygen atoms in total. The van der Waals surface area contributed by atoms with Crippen LogP contribution in [0.1, 0.15) is 70.9 Å². The predicted molar refractivity (Wildman–Crippen MR) is 135 cm³/mol. The summed E-state index contributed by atoms with van der Waals surface area (Å²) in [4.78, 5) is 35.3. The Morgan fingerprint density at radius 3 is 2.39 bits per heavy atom. The number of hydrogen-bond acceptors (Lipinski definition) is 5. The summed E-state index contributed by atoms with van der Waals surface area (Å²) in [5, 5.41) is 9.64. The molecular weight excluding hydrogens is 525 g/mol. The largest absolute Gasteiger partial charge is 0.357 e. The van der Waals surface area contributed by atoms with E-state index in [2.05, 4.69) is 39.8 Å². The number of thiazole rings is 1. The molecule has 0 radical (unpaired) electrons. The van der Waals surface area contributed by atoms with Gasteiger partial charge in [-0.15, -0.1) is 35.3 Å². The van der Waals surface area contributed by atoms with Crippen molar-refractivity contribution in [1.29, 1.82) is 0 Å². The van der Waals surface area contributed by atoms with Crippen molar-refractivity contribution in [3.63, 3.8) is 0 Å². The molecule has 2 heterocycles. The third-order valence-corrected chi connectivity index (χ3v) is 5.71. The van der Waals surface area contributed by atoms with Gasteiger partial charge in [0.05, 0.1) is 23.4 Å². The lowest BCUT2D eigenvalue weighted by atomic mass is 10.1. The van der Waals surface area contributed by atoms with E-state index in [9.17, 15) is 9.59 Å². The van der Waals surface area contributed by atoms with Crippen LogP contribution in [0.5, 0.6) is 0 Å². The Kier molecular flexibility index (Phi) is 9.89. The topological polar surface area (TPSA) is 86.7 Å². The molecule has 1 aromatic heterocycles. The lowest BCUT2D eigenvalue weighted by Gasteiger charge is -2.14. The summed E-state index contributed by atoms with van der Waals surface area (Å²) in [6, 6.07) is 6.99. The Hall–Kier alpha value is -2.01. The maximum absolute atomic E-state index is 12.4. The summed E-state index contributed by atoms with van der Waals surface area (Å²) in [5.74, 6) is 0.789. The Morgan fingerprint density at radius 1 is 1.13 bits per heavy atom. The maximum atomic E-state index is 12.4. The second-order valence-corrected chi connectivity index (χ2v) is 8.40. The molecule has 0 spiro atoms. The van der Waals surface area contributed by atoms with Gasteiger partial charge in [-0.1, -0.05) is 26.0 Å². The second kappa shape index (κ2) is 12.1. The van der Waals surface area contributed by atoms with Crippen LogP contribution in [-0.2, 0) is 6.54 Å². The van der Waals surface area contributed by atoms with Crippen molar-refractivity contribution in [3.8, 4) is 0 Å². The molecule has 0 saturated heterocycles. The van der Waals surface area contributed by atoms with Crippen LogP contribution in [-0.4, -0.2) is 47.3 Å². The Morgan fingerprint density at radius 2 is 1.81 bits per heavy atom. The molecule has 0 atom stereocenters. The van der Waals surface area contributed by atoms with Crippen molar-refractivity contribution in [3.05, 3.63) is 51.5 Å². The van der Waals surface area contributed by atoms with Gasteiger partial charge in [-0.05, 0) is 37.8 Å². The van der Waals surface area contributed by atoms with Gasteiger partial charge in [0.2, 0.25) is 0 Å². The number of carbonyl (C=O) groups excluding carboxylic acids is 2. The summed E-state index contributed by atoms with van der Waals surface area (Å²) < 4.78 is 0. The van der Waals surface area contributed by atoms with E-state index in [1.807, 2.05) is 6.92 Å². The second-order valence-electron chi connectivity index (χ2n) is 7.46. The van der Waals surface area contributed by atoms with E-state index in [1.165, 1.54) is 4.90 Å². The van der Waals surface area contributed by atoms with Gasteiger partial charge >= 0.3 is 0 Å². The zero-order valence-corrected chi connectivity index (χ0v) is 21.3. The van der Waals surface area contributed by atoms with Gasteiger partial charge in [0.25, 0.3) is 11.8 Å². The van der Waals surface area contributed by atoms with Crippen LogP contribution in [0.2, 0.25) is 0 Å². The lowest BCUT2D eigenvalue weighted by molar-refractivity contribution is 0.0652. The number of guanidine groups is 1. The fourth-order valence-corrected chi connectivity index (χ4v) is 4.07. The molecule has 1 aromatic carbocycles. The Balaban J connectivity index is 0.00000341. The van der Waals surface area contributed by atoms with Crippen molar-refractivity contribution in [1.82, 2.24) is 20.5 Å². The number of nitrogens with zero attached hydrogens (tertiary/aromatic N) is 3. The monoisotopic (exact) mass is 555 g/mol. The maximum Gasteiger partial charge on any atom is 0.261 e. The highest BCUT2D eigenvalue weighted by Crippen LogP contribution is 2.22. The normalized spacial score (nSPS) is 13.4. The average molecular weight is 555 g/mol. The van der Waals surface area contributed by atoms with Crippen molar-refractivity contribution < 1.29 is 9.59 Å². The molecule has 0 aliphatic carbocycles. The summed E-state index contributed by atoms with van der Waals surface area (Å²) in [6.45, 7) is 8.76. The molecule has 2 amide bonds. The van der Waals surface area contributed by atoms with E-state index in [0.717, 1.165) is 36.0 Å². The standard InChI is InChI=1S/C22H29N5O2S.HI/c1-4-23-22(25-13-19-26-18(14-30-19)15(2)3)24-11-7-8-12-27-20(28)16-9-5-6-10-17(16)21(27)29;/h5-6,9-10,14-15H,4,7-8,11-13H2,1-3H3,(H2,23,24,25);1H. The molecule has 0 saturated carbocycles. The van der Waals surface area contributed by atoms with Crippen molar-refractivity contribution >= 4 is 53.1 Å². The fourth-order valence-electron chi connectivity index (χ4n) is 3.20. The molecule has 0 unspecified atom stereocenters. The lowest BCUT2D eigenvalue weighted by Crippen LogP contribution is -2.38. The number of aromatic nitrogens is 1. The summed E-state index contributed by atoms with van der Waals surface area (Å²) in [7, 11) is 0.